The van der Waals surface area contributed by atoms with Gasteiger partial charge in [0.2, 0.25) is 5.89 Å². The summed E-state index contributed by atoms with van der Waals surface area (Å²) >= 11 is 6.12. The normalized spacial score (nSPS) is 11.1. The van der Waals surface area contributed by atoms with E-state index < -0.39 is 6.04 Å². The number of nitrogens with two attached hydrogens (primary N) is 1. The summed E-state index contributed by atoms with van der Waals surface area (Å²) in [5, 5.41) is 0.505. The van der Waals surface area contributed by atoms with Crippen molar-refractivity contribution < 1.29 is 13.2 Å². The molecule has 0 saturated carbocycles. The molecule has 0 saturated heterocycles. The molecule has 2 aromatic heterocycles. The van der Waals surface area contributed by atoms with Gasteiger partial charge in [-0.3, -0.25) is 4.79 Å². The van der Waals surface area contributed by atoms with E-state index in [9.17, 15) is 13.6 Å². The first-order valence-electron chi connectivity index (χ1n) is 13.5. The number of hydrogen-bond donors (Lipinski definition) is 1. The largest absolute Gasteiger partial charge is 0.438 e. The van der Waals surface area contributed by atoms with Gasteiger partial charge in [0.25, 0.3) is 5.56 Å². The van der Waals surface area contributed by atoms with Crippen LogP contribution >= 0.6 is 11.6 Å². The van der Waals surface area contributed by atoms with Crippen molar-refractivity contribution in [2.24, 2.45) is 0 Å². The molecule has 1 atom stereocenters. The smallest absolute Gasteiger partial charge is 0.251 e. The molecule has 0 amide bonds. The Hall–Kier alpha value is -4.23. The van der Waals surface area contributed by atoms with Gasteiger partial charge in [-0.15, -0.1) is 0 Å². The lowest BCUT2D eigenvalue weighted by Crippen LogP contribution is -2.26. The van der Waals surface area contributed by atoms with Crippen molar-refractivity contribution in [3.63, 3.8) is 0 Å². The second-order valence-electron chi connectivity index (χ2n) is 9.02. The van der Waals surface area contributed by atoms with E-state index in [1.807, 2.05) is 13.8 Å². The van der Waals surface area contributed by atoms with Crippen LogP contribution in [-0.2, 0) is 6.42 Å². The molecule has 0 aliphatic carbocycles. The van der Waals surface area contributed by atoms with Gasteiger partial charge in [-0.1, -0.05) is 57.8 Å². The molecule has 0 aliphatic heterocycles. The first-order chi connectivity index (χ1) is 19.8. The first kappa shape index (κ1) is 31.3. The Labute approximate surface area is 244 Å². The molecular formula is C33H34ClF2N3O2. The molecule has 2 N–H and O–H groups in total. The number of nitrogen functional groups attached to an aromatic ring is 1. The summed E-state index contributed by atoms with van der Waals surface area (Å²) in [4.78, 5) is 17.7. The molecule has 0 fully saturated rings. The Bertz CT molecular complexity index is 1600. The van der Waals surface area contributed by atoms with Gasteiger partial charge in [0.1, 0.15) is 17.7 Å². The summed E-state index contributed by atoms with van der Waals surface area (Å²) in [5.41, 5.74) is 9.00. The minimum absolute atomic E-state index is 0.288. The Balaban J connectivity index is 0.000000868. The number of benzene rings is 3. The van der Waals surface area contributed by atoms with Crippen molar-refractivity contribution in [2.45, 2.75) is 46.6 Å². The van der Waals surface area contributed by atoms with Crippen molar-refractivity contribution >= 4 is 17.3 Å². The summed E-state index contributed by atoms with van der Waals surface area (Å²) < 4.78 is 34.4. The van der Waals surface area contributed by atoms with Gasteiger partial charge in [-0.05, 0) is 71.8 Å². The Morgan fingerprint density at radius 2 is 1.51 bits per heavy atom. The lowest BCUT2D eigenvalue weighted by molar-refractivity contribution is 0.410. The van der Waals surface area contributed by atoms with Crippen LogP contribution in [0.5, 0.6) is 0 Å². The van der Waals surface area contributed by atoms with Crippen LogP contribution in [0.1, 0.15) is 51.6 Å². The maximum absolute atomic E-state index is 13.5. The molecule has 41 heavy (non-hydrogen) atoms. The third kappa shape index (κ3) is 8.14. The van der Waals surface area contributed by atoms with E-state index >= 15 is 0 Å². The highest BCUT2D eigenvalue weighted by Gasteiger charge is 2.22. The molecule has 214 valence electrons. The third-order valence-electron chi connectivity index (χ3n) is 5.89. The van der Waals surface area contributed by atoms with Crippen molar-refractivity contribution in [3.05, 3.63) is 130 Å². The van der Waals surface area contributed by atoms with Crippen LogP contribution in [-0.4, -0.2) is 9.55 Å². The number of halogens is 3. The molecule has 8 heteroatoms. The standard InChI is InChI=1S/C28H20ClF2N3O2.C3H8.C2H6/c29-20-5-10-24(32)23(15-20)19-11-12-34(27(35)14-19)25(13-17-1-6-21(30)7-2-17)28-33-16-26(36-28)18-3-8-22(31)9-4-18;1-3-2;1-2/h1-12,14-16,25H,13,32H2;3H2,1-2H3;1-2H3. The van der Waals surface area contributed by atoms with E-state index in [-0.39, 0.29) is 23.1 Å². The fourth-order valence-corrected chi connectivity index (χ4v) is 4.20. The number of pyridine rings is 1. The lowest BCUT2D eigenvalue weighted by Gasteiger charge is -2.18. The van der Waals surface area contributed by atoms with Gasteiger partial charge in [0, 0.05) is 40.5 Å². The summed E-state index contributed by atoms with van der Waals surface area (Å²) in [5.74, 6) is 0.00607. The molecule has 2 heterocycles. The third-order valence-corrected chi connectivity index (χ3v) is 6.13. The van der Waals surface area contributed by atoms with E-state index in [0.717, 1.165) is 5.56 Å². The fourth-order valence-electron chi connectivity index (χ4n) is 4.03. The highest BCUT2D eigenvalue weighted by atomic mass is 35.5. The highest BCUT2D eigenvalue weighted by molar-refractivity contribution is 6.31. The van der Waals surface area contributed by atoms with Gasteiger partial charge in [-0.25, -0.2) is 13.8 Å². The van der Waals surface area contributed by atoms with E-state index in [2.05, 4.69) is 18.8 Å². The summed E-state index contributed by atoms with van der Waals surface area (Å²) in [6.45, 7) is 8.25. The van der Waals surface area contributed by atoms with Crippen LogP contribution in [0.2, 0.25) is 5.02 Å². The van der Waals surface area contributed by atoms with Crippen LogP contribution in [0.25, 0.3) is 22.5 Å². The van der Waals surface area contributed by atoms with Crippen LogP contribution in [0.4, 0.5) is 14.5 Å². The second kappa shape index (κ2) is 15.0. The van der Waals surface area contributed by atoms with E-state index in [1.165, 1.54) is 47.5 Å². The zero-order valence-corrected chi connectivity index (χ0v) is 24.3. The van der Waals surface area contributed by atoms with Gasteiger partial charge >= 0.3 is 0 Å². The molecule has 5 nitrogen and oxygen atoms in total. The molecule has 0 aliphatic rings. The predicted octanol–water partition coefficient (Wildman–Crippen LogP) is 8.96. The topological polar surface area (TPSA) is 74.1 Å². The molecule has 0 bridgehead atoms. The molecule has 5 rings (SSSR count). The zero-order chi connectivity index (χ0) is 29.9. The zero-order valence-electron chi connectivity index (χ0n) is 23.6. The first-order valence-corrected chi connectivity index (χ1v) is 13.9. The summed E-state index contributed by atoms with van der Waals surface area (Å²) in [7, 11) is 0. The molecule has 1 unspecified atom stereocenters. The number of hydrogen-bond acceptors (Lipinski definition) is 4. The number of rotatable bonds is 6. The van der Waals surface area contributed by atoms with E-state index in [1.54, 1.807) is 54.7 Å². The van der Waals surface area contributed by atoms with Crippen molar-refractivity contribution in [3.8, 4) is 22.5 Å². The Morgan fingerprint density at radius 3 is 2.12 bits per heavy atom. The van der Waals surface area contributed by atoms with Crippen LogP contribution in [0, 0.1) is 11.6 Å². The van der Waals surface area contributed by atoms with Crippen molar-refractivity contribution in [1.82, 2.24) is 9.55 Å². The number of oxazole rings is 1. The lowest BCUT2D eigenvalue weighted by atomic mass is 10.0. The van der Waals surface area contributed by atoms with Crippen molar-refractivity contribution in [1.29, 1.82) is 0 Å². The Kier molecular flexibility index (Phi) is 11.4. The maximum Gasteiger partial charge on any atom is 0.251 e. The van der Waals surface area contributed by atoms with Gasteiger partial charge in [0.15, 0.2) is 5.76 Å². The molecule has 5 aromatic rings. The fraction of sp³-hybridized carbons (Fsp3) is 0.212. The average Bonchev–Trinajstić information content (AvgIpc) is 3.46. The summed E-state index contributed by atoms with van der Waals surface area (Å²) in [6.07, 6.45) is 4.75. The molecule has 3 aromatic carbocycles. The van der Waals surface area contributed by atoms with Gasteiger partial charge in [0.05, 0.1) is 6.20 Å². The summed E-state index contributed by atoms with van der Waals surface area (Å²) in [6, 6.07) is 19.6. The number of anilines is 1. The van der Waals surface area contributed by atoms with E-state index in [4.69, 9.17) is 21.8 Å². The van der Waals surface area contributed by atoms with Crippen LogP contribution in [0.15, 0.2) is 100 Å². The highest BCUT2D eigenvalue weighted by Crippen LogP contribution is 2.30. The minimum Gasteiger partial charge on any atom is -0.438 e. The molecule has 0 spiro atoms. The SMILES string of the molecule is CC.CCC.Nc1ccc(Cl)cc1-c1ccn(C(Cc2ccc(F)cc2)c2ncc(-c3ccc(F)cc3)o2)c(=O)c1. The Morgan fingerprint density at radius 1 is 0.902 bits per heavy atom. The second-order valence-corrected chi connectivity index (χ2v) is 9.45. The van der Waals surface area contributed by atoms with Gasteiger partial charge in [-0.2, -0.15) is 0 Å². The van der Waals surface area contributed by atoms with Crippen LogP contribution in [0.3, 0.4) is 0 Å². The number of nitrogens with zero attached hydrogens (tertiary/aromatic N) is 2. The number of aromatic nitrogens is 2. The van der Waals surface area contributed by atoms with Gasteiger partial charge < -0.3 is 14.7 Å². The quantitative estimate of drug-likeness (QED) is 0.204. The average molecular weight is 578 g/mol. The molecular weight excluding hydrogens is 544 g/mol. The molecule has 0 radical (unpaired) electrons. The maximum atomic E-state index is 13.5. The van der Waals surface area contributed by atoms with E-state index in [0.29, 0.717) is 39.6 Å². The van der Waals surface area contributed by atoms with Crippen LogP contribution < -0.4 is 11.3 Å². The monoisotopic (exact) mass is 577 g/mol. The van der Waals surface area contributed by atoms with Crippen molar-refractivity contribution in [2.75, 3.05) is 5.73 Å². The predicted molar refractivity (Wildman–Crippen MR) is 163 cm³/mol. The minimum atomic E-state index is -0.622.